The van der Waals surface area contributed by atoms with Gasteiger partial charge in [-0.15, -0.1) is 0 Å². The van der Waals surface area contributed by atoms with Gasteiger partial charge in [0, 0.05) is 30.6 Å². The normalized spacial score (nSPS) is 14.5. The van der Waals surface area contributed by atoms with Crippen LogP contribution in [0, 0.1) is 5.41 Å². The number of phenolic OH excluding ortho intramolecular Hbond substituents is 1. The number of phenols is 1. The fraction of sp³-hybridized carbons (Fsp3) is 0.304. The maximum Gasteiger partial charge on any atom is 0.228 e. The van der Waals surface area contributed by atoms with E-state index >= 15 is 0 Å². The molecule has 0 fully saturated rings. The van der Waals surface area contributed by atoms with Gasteiger partial charge in [0.2, 0.25) is 5.88 Å². The summed E-state index contributed by atoms with van der Waals surface area (Å²) in [5.41, 5.74) is 2.77. The standard InChI is InChI=1S/C23H26N4O4/c1-26(2)9-10-27-13-25-23-21(22(27)24)20(16-7-6-15(28)12-18(16)31-23)14-5-8-17(29-3)19(11-14)30-4/h5-8,11-13,20,24,28H,9-10H2,1-4H3. The van der Waals surface area contributed by atoms with E-state index < -0.39 is 0 Å². The summed E-state index contributed by atoms with van der Waals surface area (Å²) in [6, 6.07) is 10.7. The number of fused-ring (bicyclic) bond motifs is 2. The van der Waals surface area contributed by atoms with Crippen LogP contribution in [0.2, 0.25) is 0 Å². The molecular formula is C23H26N4O4. The molecule has 0 saturated carbocycles. The highest BCUT2D eigenvalue weighted by Gasteiger charge is 2.32. The van der Waals surface area contributed by atoms with Crippen molar-refractivity contribution in [3.8, 4) is 28.9 Å². The third-order valence-corrected chi connectivity index (χ3v) is 5.42. The lowest BCUT2D eigenvalue weighted by Gasteiger charge is -2.29. The highest BCUT2D eigenvalue weighted by molar-refractivity contribution is 5.58. The molecule has 4 rings (SSSR count). The fourth-order valence-corrected chi connectivity index (χ4v) is 3.81. The lowest BCUT2D eigenvalue weighted by molar-refractivity contribution is 0.354. The zero-order valence-electron chi connectivity index (χ0n) is 18.0. The maximum absolute atomic E-state index is 9.98. The Morgan fingerprint density at radius 2 is 1.90 bits per heavy atom. The quantitative estimate of drug-likeness (QED) is 0.496. The molecule has 0 amide bonds. The Kier molecular flexibility index (Phi) is 5.56. The van der Waals surface area contributed by atoms with E-state index in [2.05, 4.69) is 9.88 Å². The van der Waals surface area contributed by atoms with Crippen molar-refractivity contribution in [2.24, 2.45) is 0 Å². The second-order valence-electron chi connectivity index (χ2n) is 7.68. The number of aromatic hydroxyl groups is 1. The van der Waals surface area contributed by atoms with Crippen molar-refractivity contribution in [1.29, 1.82) is 5.41 Å². The van der Waals surface area contributed by atoms with Gasteiger partial charge in [-0.2, -0.15) is 0 Å². The van der Waals surface area contributed by atoms with Gasteiger partial charge in [0.25, 0.3) is 0 Å². The molecule has 2 N–H and O–H groups in total. The number of ether oxygens (including phenoxy) is 3. The highest BCUT2D eigenvalue weighted by Crippen LogP contribution is 2.47. The van der Waals surface area contributed by atoms with E-state index in [-0.39, 0.29) is 11.7 Å². The summed E-state index contributed by atoms with van der Waals surface area (Å²) in [7, 11) is 7.18. The minimum atomic E-state index is -0.314. The molecule has 8 nitrogen and oxygen atoms in total. The highest BCUT2D eigenvalue weighted by atomic mass is 16.5. The molecule has 0 aliphatic carbocycles. The Morgan fingerprint density at radius 3 is 2.61 bits per heavy atom. The van der Waals surface area contributed by atoms with Gasteiger partial charge in [-0.3, -0.25) is 5.41 Å². The molecule has 1 atom stereocenters. The molecule has 1 aliphatic rings. The Labute approximate surface area is 180 Å². The number of nitrogens with one attached hydrogen (secondary N) is 1. The van der Waals surface area contributed by atoms with Crippen LogP contribution >= 0.6 is 0 Å². The molecule has 162 valence electrons. The summed E-state index contributed by atoms with van der Waals surface area (Å²) >= 11 is 0. The van der Waals surface area contributed by atoms with Crippen LogP contribution in [0.25, 0.3) is 0 Å². The minimum Gasteiger partial charge on any atom is -0.508 e. The second-order valence-corrected chi connectivity index (χ2v) is 7.68. The van der Waals surface area contributed by atoms with E-state index in [1.165, 1.54) is 0 Å². The van der Waals surface area contributed by atoms with Crippen LogP contribution in [0.4, 0.5) is 0 Å². The SMILES string of the molecule is COc1ccc(C2c3ccc(O)cc3Oc3ncn(CCN(C)C)c(=N)c32)cc1OC. The number of aromatic nitrogens is 2. The van der Waals surface area contributed by atoms with Gasteiger partial charge in [0.15, 0.2) is 11.5 Å². The first-order valence-corrected chi connectivity index (χ1v) is 9.94. The summed E-state index contributed by atoms with van der Waals surface area (Å²) in [6.45, 7) is 1.41. The molecule has 2 aromatic carbocycles. The summed E-state index contributed by atoms with van der Waals surface area (Å²) < 4.78 is 18.7. The van der Waals surface area contributed by atoms with E-state index in [0.29, 0.717) is 40.7 Å². The predicted octanol–water partition coefficient (Wildman–Crippen LogP) is 2.93. The van der Waals surface area contributed by atoms with Crippen LogP contribution < -0.4 is 19.7 Å². The van der Waals surface area contributed by atoms with Gasteiger partial charge in [-0.1, -0.05) is 12.1 Å². The van der Waals surface area contributed by atoms with Gasteiger partial charge in [0.05, 0.1) is 19.8 Å². The van der Waals surface area contributed by atoms with Crippen molar-refractivity contribution < 1.29 is 19.3 Å². The maximum atomic E-state index is 9.98. The zero-order chi connectivity index (χ0) is 22.1. The molecule has 1 aliphatic heterocycles. The number of hydrogen-bond acceptors (Lipinski definition) is 7. The van der Waals surface area contributed by atoms with Crippen LogP contribution in [0.3, 0.4) is 0 Å². The summed E-state index contributed by atoms with van der Waals surface area (Å²) in [5, 5.41) is 18.9. The Bertz CT molecular complexity index is 1170. The molecule has 1 aromatic heterocycles. The summed E-state index contributed by atoms with van der Waals surface area (Å²) in [4.78, 5) is 6.57. The van der Waals surface area contributed by atoms with Crippen LogP contribution in [-0.4, -0.2) is 54.4 Å². The third-order valence-electron chi connectivity index (χ3n) is 5.42. The zero-order valence-corrected chi connectivity index (χ0v) is 18.0. The summed E-state index contributed by atoms with van der Waals surface area (Å²) in [6.07, 6.45) is 1.63. The first-order valence-electron chi connectivity index (χ1n) is 9.94. The van der Waals surface area contributed by atoms with Crippen LogP contribution in [-0.2, 0) is 6.54 Å². The van der Waals surface area contributed by atoms with Crippen molar-refractivity contribution >= 4 is 0 Å². The van der Waals surface area contributed by atoms with Gasteiger partial charge < -0.3 is 28.8 Å². The Hall–Kier alpha value is -3.52. The van der Waals surface area contributed by atoms with Crippen LogP contribution in [0.1, 0.15) is 22.6 Å². The average Bonchev–Trinajstić information content (AvgIpc) is 2.76. The molecule has 0 spiro atoms. The van der Waals surface area contributed by atoms with Gasteiger partial charge >= 0.3 is 0 Å². The molecule has 0 saturated heterocycles. The first-order chi connectivity index (χ1) is 14.9. The molecule has 1 unspecified atom stereocenters. The number of nitrogens with zero attached hydrogens (tertiary/aromatic N) is 3. The molecule has 0 radical (unpaired) electrons. The number of benzene rings is 2. The predicted molar refractivity (Wildman–Crippen MR) is 115 cm³/mol. The fourth-order valence-electron chi connectivity index (χ4n) is 3.81. The number of rotatable bonds is 6. The first kappa shape index (κ1) is 20.7. The lowest BCUT2D eigenvalue weighted by atomic mass is 9.83. The van der Waals surface area contributed by atoms with Crippen molar-refractivity contribution in [3.63, 3.8) is 0 Å². The van der Waals surface area contributed by atoms with E-state index in [1.54, 1.807) is 32.7 Å². The van der Waals surface area contributed by atoms with Crippen molar-refractivity contribution in [1.82, 2.24) is 14.5 Å². The number of likely N-dealkylation sites (N-methyl/N-ethyl adjacent to an activating group) is 1. The number of hydrogen-bond donors (Lipinski definition) is 2. The molecule has 3 aromatic rings. The van der Waals surface area contributed by atoms with Crippen LogP contribution in [0.15, 0.2) is 42.7 Å². The molecule has 31 heavy (non-hydrogen) atoms. The van der Waals surface area contributed by atoms with E-state index in [0.717, 1.165) is 17.7 Å². The topological polar surface area (TPSA) is 92.8 Å². The second kappa shape index (κ2) is 8.31. The smallest absolute Gasteiger partial charge is 0.228 e. The van der Waals surface area contributed by atoms with Gasteiger partial charge in [-0.25, -0.2) is 4.98 Å². The van der Waals surface area contributed by atoms with Crippen LogP contribution in [0.5, 0.6) is 28.9 Å². The molecular weight excluding hydrogens is 396 g/mol. The average molecular weight is 422 g/mol. The monoisotopic (exact) mass is 422 g/mol. The van der Waals surface area contributed by atoms with E-state index in [4.69, 9.17) is 19.6 Å². The van der Waals surface area contributed by atoms with Crippen molar-refractivity contribution in [2.45, 2.75) is 12.5 Å². The Balaban J connectivity index is 1.92. The van der Waals surface area contributed by atoms with E-state index in [9.17, 15) is 5.11 Å². The summed E-state index contributed by atoms with van der Waals surface area (Å²) in [5.74, 6) is 1.91. The molecule has 0 bridgehead atoms. The molecule has 2 heterocycles. The van der Waals surface area contributed by atoms with E-state index in [1.807, 2.05) is 42.9 Å². The molecule has 8 heteroatoms. The minimum absolute atomic E-state index is 0.108. The third kappa shape index (κ3) is 3.82. The Morgan fingerprint density at radius 1 is 1.13 bits per heavy atom. The van der Waals surface area contributed by atoms with Gasteiger partial charge in [0.1, 0.15) is 23.3 Å². The number of methoxy groups -OCH3 is 2. The largest absolute Gasteiger partial charge is 0.508 e. The lowest BCUT2D eigenvalue weighted by Crippen LogP contribution is -2.32. The van der Waals surface area contributed by atoms with Crippen molar-refractivity contribution in [2.75, 3.05) is 34.9 Å². The van der Waals surface area contributed by atoms with Gasteiger partial charge in [-0.05, 0) is 37.9 Å². The van der Waals surface area contributed by atoms with Crippen molar-refractivity contribution in [3.05, 3.63) is 64.9 Å².